The van der Waals surface area contributed by atoms with E-state index in [2.05, 4.69) is 27.4 Å². The first kappa shape index (κ1) is 32.5. The van der Waals surface area contributed by atoms with Gasteiger partial charge in [-0.1, -0.05) is 64.5 Å². The molecule has 0 radical (unpaired) electrons. The highest BCUT2D eigenvalue weighted by Crippen LogP contribution is 2.24. The fraction of sp³-hybridized carbons (Fsp3) is 0.389. The lowest BCUT2D eigenvalue weighted by molar-refractivity contribution is -0.137. The van der Waals surface area contributed by atoms with Crippen molar-refractivity contribution in [2.45, 2.75) is 59.3 Å². The Kier molecular flexibility index (Phi) is 13.7. The molecule has 6 heteroatoms. The Morgan fingerprint density at radius 2 is 1.21 bits per heavy atom. The maximum Gasteiger partial charge on any atom is 0.343 e. The van der Waals surface area contributed by atoms with Crippen molar-refractivity contribution in [3.05, 3.63) is 91.0 Å². The normalized spacial score (nSPS) is 11.5. The number of esters is 2. The van der Waals surface area contributed by atoms with Crippen LogP contribution in [0.5, 0.6) is 17.2 Å². The molecule has 0 N–H and O–H groups in total. The van der Waals surface area contributed by atoms with Crippen LogP contribution in [-0.2, 0) is 9.53 Å². The molecule has 0 saturated heterocycles. The van der Waals surface area contributed by atoms with Crippen molar-refractivity contribution in [2.75, 3.05) is 19.8 Å². The summed E-state index contributed by atoms with van der Waals surface area (Å²) < 4.78 is 22.2. The Bertz CT molecular complexity index is 1230. The SMILES string of the molecule is C=CC(=O)OCCCCCOc1ccc(-c2ccc(C(=O)Oc3ccc(OCC[C@@H](C)CCC(C)C)cc3)cc2)cc1. The first-order chi connectivity index (χ1) is 20.3. The quantitative estimate of drug-likeness (QED) is 0.0657. The van der Waals surface area contributed by atoms with Crippen molar-refractivity contribution in [3.8, 4) is 28.4 Å². The summed E-state index contributed by atoms with van der Waals surface area (Å²) in [5, 5.41) is 0. The average Bonchev–Trinajstić information content (AvgIpc) is 3.00. The number of hydrogen-bond acceptors (Lipinski definition) is 6. The summed E-state index contributed by atoms with van der Waals surface area (Å²) in [5.41, 5.74) is 2.50. The Morgan fingerprint density at radius 1 is 0.667 bits per heavy atom. The van der Waals surface area contributed by atoms with Crippen LogP contribution >= 0.6 is 0 Å². The van der Waals surface area contributed by atoms with Crippen LogP contribution in [0.25, 0.3) is 11.1 Å². The van der Waals surface area contributed by atoms with Crippen LogP contribution in [-0.4, -0.2) is 31.8 Å². The highest BCUT2D eigenvalue weighted by Gasteiger charge is 2.10. The zero-order chi connectivity index (χ0) is 30.2. The number of hydrogen-bond donors (Lipinski definition) is 0. The van der Waals surface area contributed by atoms with Gasteiger partial charge in [0.25, 0.3) is 0 Å². The predicted octanol–water partition coefficient (Wildman–Crippen LogP) is 8.69. The van der Waals surface area contributed by atoms with Gasteiger partial charge in [0.05, 0.1) is 25.4 Å². The molecule has 0 aliphatic carbocycles. The monoisotopic (exact) mass is 572 g/mol. The van der Waals surface area contributed by atoms with Gasteiger partial charge in [-0.3, -0.25) is 0 Å². The van der Waals surface area contributed by atoms with E-state index in [0.29, 0.717) is 37.1 Å². The molecular weight excluding hydrogens is 528 g/mol. The second-order valence-electron chi connectivity index (χ2n) is 11.0. The summed E-state index contributed by atoms with van der Waals surface area (Å²) in [6.45, 7) is 11.8. The predicted molar refractivity (Wildman–Crippen MR) is 167 cm³/mol. The second-order valence-corrected chi connectivity index (χ2v) is 11.0. The van der Waals surface area contributed by atoms with Gasteiger partial charge in [0, 0.05) is 6.08 Å². The highest BCUT2D eigenvalue weighted by molar-refractivity contribution is 5.91. The van der Waals surface area contributed by atoms with Crippen LogP contribution in [0.1, 0.15) is 69.7 Å². The smallest absolute Gasteiger partial charge is 0.343 e. The Labute approximate surface area is 250 Å². The molecule has 3 rings (SSSR count). The summed E-state index contributed by atoms with van der Waals surface area (Å²) >= 11 is 0. The van der Waals surface area contributed by atoms with Crippen molar-refractivity contribution in [3.63, 3.8) is 0 Å². The first-order valence-corrected chi connectivity index (χ1v) is 14.9. The molecule has 0 amide bonds. The van der Waals surface area contributed by atoms with E-state index >= 15 is 0 Å². The lowest BCUT2D eigenvalue weighted by Gasteiger charge is -2.13. The summed E-state index contributed by atoms with van der Waals surface area (Å²) in [4.78, 5) is 23.7. The Balaban J connectivity index is 1.39. The highest BCUT2D eigenvalue weighted by atomic mass is 16.5. The minimum Gasteiger partial charge on any atom is -0.494 e. The number of ether oxygens (including phenoxy) is 4. The fourth-order valence-corrected chi connectivity index (χ4v) is 4.26. The molecule has 6 nitrogen and oxygen atoms in total. The summed E-state index contributed by atoms with van der Waals surface area (Å²) in [7, 11) is 0. The van der Waals surface area contributed by atoms with Crippen molar-refractivity contribution < 1.29 is 28.5 Å². The molecule has 42 heavy (non-hydrogen) atoms. The van der Waals surface area contributed by atoms with Gasteiger partial charge in [-0.05, 0) is 97.2 Å². The van der Waals surface area contributed by atoms with Crippen molar-refractivity contribution in [1.82, 2.24) is 0 Å². The molecular formula is C36H44O6. The van der Waals surface area contributed by atoms with Crippen molar-refractivity contribution >= 4 is 11.9 Å². The van der Waals surface area contributed by atoms with Crippen molar-refractivity contribution in [1.29, 1.82) is 0 Å². The molecule has 0 aliphatic heterocycles. The van der Waals surface area contributed by atoms with Gasteiger partial charge in [-0.15, -0.1) is 0 Å². The van der Waals surface area contributed by atoms with Crippen LogP contribution in [0.15, 0.2) is 85.5 Å². The molecule has 0 unspecified atom stereocenters. The lowest BCUT2D eigenvalue weighted by atomic mass is 9.97. The molecule has 0 spiro atoms. The summed E-state index contributed by atoms with van der Waals surface area (Å²) in [6, 6.07) is 22.4. The van der Waals surface area contributed by atoms with E-state index in [1.165, 1.54) is 18.9 Å². The van der Waals surface area contributed by atoms with E-state index in [-0.39, 0.29) is 5.97 Å². The summed E-state index contributed by atoms with van der Waals surface area (Å²) in [6.07, 6.45) is 7.25. The maximum absolute atomic E-state index is 12.7. The fourth-order valence-electron chi connectivity index (χ4n) is 4.26. The zero-order valence-electron chi connectivity index (χ0n) is 25.2. The van der Waals surface area contributed by atoms with E-state index in [0.717, 1.165) is 54.2 Å². The van der Waals surface area contributed by atoms with Gasteiger partial charge < -0.3 is 18.9 Å². The van der Waals surface area contributed by atoms with Crippen molar-refractivity contribution in [2.24, 2.45) is 11.8 Å². The lowest BCUT2D eigenvalue weighted by Crippen LogP contribution is -2.08. The first-order valence-electron chi connectivity index (χ1n) is 14.9. The molecule has 3 aromatic carbocycles. The third-order valence-corrected chi connectivity index (χ3v) is 6.93. The minimum atomic E-state index is -0.406. The largest absolute Gasteiger partial charge is 0.494 e. The number of benzene rings is 3. The zero-order valence-corrected chi connectivity index (χ0v) is 25.2. The topological polar surface area (TPSA) is 71.1 Å². The van der Waals surface area contributed by atoms with E-state index in [1.807, 2.05) is 48.5 Å². The number of carbonyl (C=O) groups excluding carboxylic acids is 2. The van der Waals surface area contributed by atoms with Gasteiger partial charge in [0.1, 0.15) is 17.2 Å². The van der Waals surface area contributed by atoms with Crippen LogP contribution in [0, 0.1) is 11.8 Å². The Morgan fingerprint density at radius 3 is 1.83 bits per heavy atom. The van der Waals surface area contributed by atoms with E-state index < -0.39 is 5.97 Å². The van der Waals surface area contributed by atoms with Crippen LogP contribution < -0.4 is 14.2 Å². The Hall–Kier alpha value is -4.06. The van der Waals surface area contributed by atoms with Gasteiger partial charge in [0.2, 0.25) is 0 Å². The minimum absolute atomic E-state index is 0.388. The number of carbonyl (C=O) groups is 2. The molecule has 0 heterocycles. The van der Waals surface area contributed by atoms with Gasteiger partial charge in [-0.25, -0.2) is 9.59 Å². The van der Waals surface area contributed by atoms with Gasteiger partial charge in [0.15, 0.2) is 0 Å². The molecule has 0 aliphatic rings. The molecule has 3 aromatic rings. The van der Waals surface area contributed by atoms with E-state index in [9.17, 15) is 9.59 Å². The van der Waals surface area contributed by atoms with Crippen LogP contribution in [0.2, 0.25) is 0 Å². The van der Waals surface area contributed by atoms with Crippen LogP contribution in [0.4, 0.5) is 0 Å². The van der Waals surface area contributed by atoms with E-state index in [4.69, 9.17) is 18.9 Å². The van der Waals surface area contributed by atoms with Gasteiger partial charge in [-0.2, -0.15) is 0 Å². The average molecular weight is 573 g/mol. The number of unbranched alkanes of at least 4 members (excludes halogenated alkanes) is 2. The molecule has 0 saturated carbocycles. The number of rotatable bonds is 18. The van der Waals surface area contributed by atoms with Crippen LogP contribution in [0.3, 0.4) is 0 Å². The third-order valence-electron chi connectivity index (χ3n) is 6.93. The molecule has 0 bridgehead atoms. The second kappa shape index (κ2) is 17.7. The molecule has 0 aromatic heterocycles. The van der Waals surface area contributed by atoms with Gasteiger partial charge >= 0.3 is 11.9 Å². The third kappa shape index (κ3) is 11.8. The maximum atomic E-state index is 12.7. The summed E-state index contributed by atoms with van der Waals surface area (Å²) in [5.74, 6) is 2.63. The standard InChI is InChI=1S/C36H44O6/c1-5-35(37)41-25-8-6-7-24-39-32-17-15-30(16-18-32)29-11-13-31(14-12-29)36(38)42-34-21-19-33(20-22-34)40-26-23-28(4)10-9-27(2)3/h5,11-22,27-28H,1,6-10,23-26H2,2-4H3/t28-/m0/s1. The van der Waals surface area contributed by atoms with E-state index in [1.54, 1.807) is 24.3 Å². The molecule has 1 atom stereocenters. The molecule has 224 valence electrons. The molecule has 0 fully saturated rings.